The maximum Gasteiger partial charge on any atom is 0.244 e. The van der Waals surface area contributed by atoms with Crippen molar-refractivity contribution in [3.05, 3.63) is 17.7 Å². The standard InChI is InChI=1S/C14H14N2O3/c1-9-6-11-12(19-5-4-18-11)7-10(9)16-13(17)14(8-15)2-3-14/h6-7H,2-5H2,1H3,(H,16,17). The maximum absolute atomic E-state index is 12.0. The highest BCUT2D eigenvalue weighted by atomic mass is 16.6. The average Bonchev–Trinajstić information content (AvgIpc) is 3.20. The summed E-state index contributed by atoms with van der Waals surface area (Å²) in [6.45, 7) is 2.93. The molecule has 1 amide bonds. The molecule has 19 heavy (non-hydrogen) atoms. The minimum absolute atomic E-state index is 0.227. The molecule has 0 unspecified atom stereocenters. The first-order valence-corrected chi connectivity index (χ1v) is 6.28. The summed E-state index contributed by atoms with van der Waals surface area (Å²) in [5.41, 5.74) is 0.752. The molecule has 0 bridgehead atoms. The number of nitrogens with one attached hydrogen (secondary N) is 1. The van der Waals surface area contributed by atoms with Crippen LogP contribution in [-0.4, -0.2) is 19.1 Å². The van der Waals surface area contributed by atoms with Crippen LogP contribution in [-0.2, 0) is 4.79 Å². The predicted octanol–water partition coefficient (Wildman–Crippen LogP) is 2.01. The molecule has 1 aliphatic carbocycles. The van der Waals surface area contributed by atoms with Crippen molar-refractivity contribution >= 4 is 11.6 Å². The Morgan fingerprint density at radius 3 is 2.53 bits per heavy atom. The van der Waals surface area contributed by atoms with Crippen LogP contribution < -0.4 is 14.8 Å². The predicted molar refractivity (Wildman–Crippen MR) is 68.1 cm³/mol. The third-order valence-electron chi connectivity index (χ3n) is 3.54. The summed E-state index contributed by atoms with van der Waals surface area (Å²) >= 11 is 0. The van der Waals surface area contributed by atoms with Crippen LogP contribution >= 0.6 is 0 Å². The Morgan fingerprint density at radius 1 is 1.32 bits per heavy atom. The number of rotatable bonds is 2. The van der Waals surface area contributed by atoms with Crippen LogP contribution in [0.2, 0.25) is 0 Å². The van der Waals surface area contributed by atoms with Crippen LogP contribution in [0, 0.1) is 23.7 Å². The number of carbonyl (C=O) groups excluding carboxylic acids is 1. The Morgan fingerprint density at radius 2 is 1.95 bits per heavy atom. The Labute approximate surface area is 111 Å². The van der Waals surface area contributed by atoms with E-state index in [9.17, 15) is 4.79 Å². The molecule has 5 nitrogen and oxygen atoms in total. The molecular formula is C14H14N2O3. The van der Waals surface area contributed by atoms with Gasteiger partial charge in [0.15, 0.2) is 11.5 Å². The molecule has 1 aromatic rings. The van der Waals surface area contributed by atoms with Gasteiger partial charge in [-0.15, -0.1) is 0 Å². The molecule has 5 heteroatoms. The second-order valence-corrected chi connectivity index (χ2v) is 4.96. The zero-order valence-electron chi connectivity index (χ0n) is 10.7. The molecule has 1 N–H and O–H groups in total. The number of benzene rings is 1. The van der Waals surface area contributed by atoms with E-state index in [0.717, 1.165) is 5.56 Å². The van der Waals surface area contributed by atoms with Crippen LogP contribution in [0.15, 0.2) is 12.1 Å². The summed E-state index contributed by atoms with van der Waals surface area (Å²) < 4.78 is 11.0. The quantitative estimate of drug-likeness (QED) is 0.880. The van der Waals surface area contributed by atoms with Crippen LogP contribution in [0.3, 0.4) is 0 Å². The Balaban J connectivity index is 1.85. The summed E-state index contributed by atoms with van der Waals surface area (Å²) in [4.78, 5) is 12.0. The first-order chi connectivity index (χ1) is 9.14. The van der Waals surface area contributed by atoms with Gasteiger partial charge in [-0.1, -0.05) is 0 Å². The van der Waals surface area contributed by atoms with E-state index in [1.807, 2.05) is 13.0 Å². The van der Waals surface area contributed by atoms with Crippen molar-refractivity contribution in [2.45, 2.75) is 19.8 Å². The summed E-state index contributed by atoms with van der Waals surface area (Å²) in [6, 6.07) is 5.69. The molecule has 1 fully saturated rings. The molecule has 2 aliphatic rings. The van der Waals surface area contributed by atoms with E-state index in [-0.39, 0.29) is 5.91 Å². The molecule has 1 heterocycles. The lowest BCUT2D eigenvalue weighted by Crippen LogP contribution is -2.23. The van der Waals surface area contributed by atoms with E-state index < -0.39 is 5.41 Å². The average molecular weight is 258 g/mol. The van der Waals surface area contributed by atoms with Gasteiger partial charge in [-0.3, -0.25) is 4.79 Å². The van der Waals surface area contributed by atoms with Crippen molar-refractivity contribution in [2.75, 3.05) is 18.5 Å². The highest BCUT2D eigenvalue weighted by Crippen LogP contribution is 2.46. The lowest BCUT2D eigenvalue weighted by Gasteiger charge is -2.20. The molecule has 1 aliphatic heterocycles. The van der Waals surface area contributed by atoms with E-state index >= 15 is 0 Å². The van der Waals surface area contributed by atoms with Crippen molar-refractivity contribution in [1.82, 2.24) is 0 Å². The zero-order chi connectivity index (χ0) is 13.5. The van der Waals surface area contributed by atoms with Crippen molar-refractivity contribution in [2.24, 2.45) is 5.41 Å². The zero-order valence-corrected chi connectivity index (χ0v) is 10.7. The third kappa shape index (κ3) is 1.99. The molecule has 1 aromatic carbocycles. The largest absolute Gasteiger partial charge is 0.486 e. The summed E-state index contributed by atoms with van der Waals surface area (Å²) in [5.74, 6) is 1.10. The smallest absolute Gasteiger partial charge is 0.244 e. The second-order valence-electron chi connectivity index (χ2n) is 4.96. The normalized spacial score (nSPS) is 18.3. The summed E-state index contributed by atoms with van der Waals surface area (Å²) in [7, 11) is 0. The van der Waals surface area contributed by atoms with Crippen LogP contribution in [0.5, 0.6) is 11.5 Å². The minimum atomic E-state index is -0.820. The fourth-order valence-electron chi connectivity index (χ4n) is 2.08. The van der Waals surface area contributed by atoms with E-state index in [2.05, 4.69) is 11.4 Å². The number of anilines is 1. The Bertz CT molecular complexity index is 585. The molecule has 0 saturated heterocycles. The van der Waals surface area contributed by atoms with Gasteiger partial charge < -0.3 is 14.8 Å². The number of nitriles is 1. The second kappa shape index (κ2) is 4.16. The summed E-state index contributed by atoms with van der Waals surface area (Å²) in [5, 5.41) is 11.8. The van der Waals surface area contributed by atoms with E-state index in [4.69, 9.17) is 14.7 Å². The molecule has 0 spiro atoms. The molecular weight excluding hydrogens is 244 g/mol. The number of hydrogen-bond donors (Lipinski definition) is 1. The van der Waals surface area contributed by atoms with Gasteiger partial charge in [-0.2, -0.15) is 5.26 Å². The Hall–Kier alpha value is -2.22. The number of carbonyl (C=O) groups is 1. The lowest BCUT2D eigenvalue weighted by molar-refractivity contribution is -0.119. The minimum Gasteiger partial charge on any atom is -0.486 e. The van der Waals surface area contributed by atoms with Gasteiger partial charge in [0.2, 0.25) is 5.91 Å². The monoisotopic (exact) mass is 258 g/mol. The molecule has 1 saturated carbocycles. The molecule has 98 valence electrons. The van der Waals surface area contributed by atoms with E-state index in [0.29, 0.717) is 43.2 Å². The lowest BCUT2D eigenvalue weighted by atomic mass is 10.1. The van der Waals surface area contributed by atoms with Crippen molar-refractivity contribution in [3.8, 4) is 17.6 Å². The van der Waals surface area contributed by atoms with Gasteiger partial charge in [0.25, 0.3) is 0 Å². The van der Waals surface area contributed by atoms with Gasteiger partial charge in [0.05, 0.1) is 6.07 Å². The number of nitrogens with zero attached hydrogens (tertiary/aromatic N) is 1. The third-order valence-corrected chi connectivity index (χ3v) is 3.54. The van der Waals surface area contributed by atoms with Gasteiger partial charge in [-0.05, 0) is 31.4 Å². The number of amides is 1. The number of fused-ring (bicyclic) bond motifs is 1. The van der Waals surface area contributed by atoms with Gasteiger partial charge >= 0.3 is 0 Å². The molecule has 3 rings (SSSR count). The van der Waals surface area contributed by atoms with Crippen LogP contribution in [0.1, 0.15) is 18.4 Å². The number of aryl methyl sites for hydroxylation is 1. The number of hydrogen-bond acceptors (Lipinski definition) is 4. The molecule has 0 aromatic heterocycles. The van der Waals surface area contributed by atoms with Gasteiger partial charge in [0, 0.05) is 11.8 Å². The highest BCUT2D eigenvalue weighted by Gasteiger charge is 2.50. The summed E-state index contributed by atoms with van der Waals surface area (Å²) in [6.07, 6.45) is 1.28. The highest BCUT2D eigenvalue weighted by molar-refractivity contribution is 6.00. The fraction of sp³-hybridized carbons (Fsp3) is 0.429. The fourth-order valence-corrected chi connectivity index (χ4v) is 2.08. The SMILES string of the molecule is Cc1cc2c(cc1NC(=O)C1(C#N)CC1)OCCO2. The van der Waals surface area contributed by atoms with Crippen molar-refractivity contribution in [1.29, 1.82) is 5.26 Å². The van der Waals surface area contributed by atoms with E-state index in [1.54, 1.807) is 6.07 Å². The van der Waals surface area contributed by atoms with Crippen LogP contribution in [0.4, 0.5) is 5.69 Å². The Kier molecular flexibility index (Phi) is 2.59. The van der Waals surface area contributed by atoms with Gasteiger partial charge in [-0.25, -0.2) is 0 Å². The maximum atomic E-state index is 12.0. The van der Waals surface area contributed by atoms with Crippen molar-refractivity contribution < 1.29 is 14.3 Å². The first-order valence-electron chi connectivity index (χ1n) is 6.28. The topological polar surface area (TPSA) is 71.4 Å². The first kappa shape index (κ1) is 11.8. The van der Waals surface area contributed by atoms with Gasteiger partial charge in [0.1, 0.15) is 18.6 Å². The number of ether oxygens (including phenoxy) is 2. The molecule has 0 atom stereocenters. The molecule has 0 radical (unpaired) electrons. The van der Waals surface area contributed by atoms with E-state index in [1.165, 1.54) is 0 Å². The van der Waals surface area contributed by atoms with Crippen LogP contribution in [0.25, 0.3) is 0 Å². The van der Waals surface area contributed by atoms with Crippen molar-refractivity contribution in [3.63, 3.8) is 0 Å².